The Morgan fingerprint density at radius 3 is 2.69 bits per heavy atom. The predicted molar refractivity (Wildman–Crippen MR) is 71.1 cm³/mol. The number of hydrogen-bond donors (Lipinski definition) is 1. The van der Waals surface area contributed by atoms with E-state index in [-0.39, 0.29) is 5.38 Å². The normalized spacial score (nSPS) is 12.6. The maximum Gasteiger partial charge on any atom is 0.0709 e. The third-order valence-electron chi connectivity index (χ3n) is 2.39. The highest BCUT2D eigenvalue weighted by atomic mass is 35.5. The molecule has 1 unspecified atom stereocenters. The standard InChI is InChI=1S/C13H14ClNS/c14-13(12-4-2-1-3-5-12)9-15-8-11-6-7-16-10-11/h1-7,10,13,15H,8-9H2. The van der Waals surface area contributed by atoms with Gasteiger partial charge in [-0.3, -0.25) is 0 Å². The van der Waals surface area contributed by atoms with Crippen molar-refractivity contribution in [3.63, 3.8) is 0 Å². The fourth-order valence-electron chi connectivity index (χ4n) is 1.52. The van der Waals surface area contributed by atoms with Gasteiger partial charge in [-0.2, -0.15) is 11.3 Å². The van der Waals surface area contributed by atoms with Crippen molar-refractivity contribution in [1.82, 2.24) is 5.32 Å². The van der Waals surface area contributed by atoms with Crippen molar-refractivity contribution in [2.75, 3.05) is 6.54 Å². The number of nitrogens with one attached hydrogen (secondary N) is 1. The van der Waals surface area contributed by atoms with Crippen LogP contribution in [0.15, 0.2) is 47.2 Å². The average Bonchev–Trinajstić information content (AvgIpc) is 2.83. The summed E-state index contributed by atoms with van der Waals surface area (Å²) in [5.74, 6) is 0. The molecule has 1 heterocycles. The van der Waals surface area contributed by atoms with Crippen molar-refractivity contribution >= 4 is 22.9 Å². The number of halogens is 1. The van der Waals surface area contributed by atoms with E-state index in [1.165, 1.54) is 11.1 Å². The third-order valence-corrected chi connectivity index (χ3v) is 3.53. The van der Waals surface area contributed by atoms with Gasteiger partial charge in [-0.25, -0.2) is 0 Å². The second-order valence-electron chi connectivity index (χ2n) is 3.64. The average molecular weight is 252 g/mol. The molecule has 0 saturated heterocycles. The van der Waals surface area contributed by atoms with E-state index in [2.05, 4.69) is 34.3 Å². The van der Waals surface area contributed by atoms with E-state index in [4.69, 9.17) is 11.6 Å². The largest absolute Gasteiger partial charge is 0.311 e. The summed E-state index contributed by atoms with van der Waals surface area (Å²) in [4.78, 5) is 0. The van der Waals surface area contributed by atoms with Gasteiger partial charge in [0.25, 0.3) is 0 Å². The van der Waals surface area contributed by atoms with Gasteiger partial charge in [0.05, 0.1) is 5.38 Å². The molecule has 0 aliphatic heterocycles. The lowest BCUT2D eigenvalue weighted by molar-refractivity contribution is 0.676. The number of alkyl halides is 1. The van der Waals surface area contributed by atoms with E-state index in [9.17, 15) is 0 Å². The molecule has 2 aromatic rings. The molecule has 0 aliphatic carbocycles. The first-order valence-corrected chi connectivity index (χ1v) is 6.65. The Labute approximate surface area is 105 Å². The molecule has 2 rings (SSSR count). The van der Waals surface area contributed by atoms with Gasteiger partial charge in [-0.05, 0) is 28.0 Å². The van der Waals surface area contributed by atoms with Gasteiger partial charge in [0.1, 0.15) is 0 Å². The van der Waals surface area contributed by atoms with Crippen LogP contribution in [-0.2, 0) is 6.54 Å². The molecule has 0 spiro atoms. The van der Waals surface area contributed by atoms with Crippen molar-refractivity contribution in [2.45, 2.75) is 11.9 Å². The zero-order valence-corrected chi connectivity index (χ0v) is 10.5. The Bertz CT molecular complexity index is 399. The molecule has 0 bridgehead atoms. The van der Waals surface area contributed by atoms with Crippen LogP contribution in [0.25, 0.3) is 0 Å². The summed E-state index contributed by atoms with van der Waals surface area (Å²) < 4.78 is 0. The Hall–Kier alpha value is -0.830. The zero-order valence-electron chi connectivity index (χ0n) is 8.90. The SMILES string of the molecule is ClC(CNCc1ccsc1)c1ccccc1. The smallest absolute Gasteiger partial charge is 0.0709 e. The second-order valence-corrected chi connectivity index (χ2v) is 4.95. The summed E-state index contributed by atoms with van der Waals surface area (Å²) in [6.45, 7) is 1.68. The Morgan fingerprint density at radius 1 is 1.19 bits per heavy atom. The Balaban J connectivity index is 1.78. The molecular formula is C13H14ClNS. The zero-order chi connectivity index (χ0) is 11.2. The summed E-state index contributed by atoms with van der Waals surface area (Å²) in [6.07, 6.45) is 0. The first-order chi connectivity index (χ1) is 7.86. The summed E-state index contributed by atoms with van der Waals surface area (Å²) in [5, 5.41) is 7.64. The highest BCUT2D eigenvalue weighted by Gasteiger charge is 2.06. The van der Waals surface area contributed by atoms with Crippen molar-refractivity contribution in [2.24, 2.45) is 0 Å². The molecule has 0 fully saturated rings. The van der Waals surface area contributed by atoms with Crippen molar-refractivity contribution in [1.29, 1.82) is 0 Å². The number of hydrogen-bond acceptors (Lipinski definition) is 2. The predicted octanol–water partition coefficient (Wildman–Crippen LogP) is 3.82. The molecule has 0 aliphatic rings. The molecule has 0 saturated carbocycles. The molecule has 1 aromatic carbocycles. The maximum absolute atomic E-state index is 6.29. The van der Waals surface area contributed by atoms with Crippen molar-refractivity contribution in [3.05, 3.63) is 58.3 Å². The lowest BCUT2D eigenvalue weighted by Gasteiger charge is -2.10. The highest BCUT2D eigenvalue weighted by Crippen LogP contribution is 2.18. The summed E-state index contributed by atoms with van der Waals surface area (Å²) >= 11 is 8.01. The van der Waals surface area contributed by atoms with Gasteiger partial charge in [0.15, 0.2) is 0 Å². The quantitative estimate of drug-likeness (QED) is 0.797. The highest BCUT2D eigenvalue weighted by molar-refractivity contribution is 7.07. The van der Waals surface area contributed by atoms with Crippen LogP contribution in [0.4, 0.5) is 0 Å². The molecule has 0 radical (unpaired) electrons. The van der Waals surface area contributed by atoms with E-state index >= 15 is 0 Å². The molecule has 1 atom stereocenters. The van der Waals surface area contributed by atoms with Gasteiger partial charge in [0, 0.05) is 13.1 Å². The third kappa shape index (κ3) is 3.34. The molecule has 1 nitrogen and oxygen atoms in total. The molecule has 3 heteroatoms. The van der Waals surface area contributed by atoms with E-state index in [0.717, 1.165) is 13.1 Å². The fraction of sp³-hybridized carbons (Fsp3) is 0.231. The van der Waals surface area contributed by atoms with Crippen LogP contribution < -0.4 is 5.32 Å². The van der Waals surface area contributed by atoms with Gasteiger partial charge in [-0.15, -0.1) is 11.6 Å². The minimum Gasteiger partial charge on any atom is -0.311 e. The second kappa shape index (κ2) is 6.04. The molecule has 1 N–H and O–H groups in total. The van der Waals surface area contributed by atoms with Gasteiger partial charge in [0.2, 0.25) is 0 Å². The minimum absolute atomic E-state index is 0.0415. The summed E-state index contributed by atoms with van der Waals surface area (Å²) in [6, 6.07) is 12.3. The first-order valence-electron chi connectivity index (χ1n) is 5.27. The fourth-order valence-corrected chi connectivity index (χ4v) is 2.44. The number of benzene rings is 1. The minimum atomic E-state index is 0.0415. The molecule has 1 aromatic heterocycles. The first kappa shape index (κ1) is 11.6. The van der Waals surface area contributed by atoms with Gasteiger partial charge < -0.3 is 5.32 Å². The molecule has 84 valence electrons. The molecule has 0 amide bonds. The maximum atomic E-state index is 6.29. The molecule has 16 heavy (non-hydrogen) atoms. The van der Waals surface area contributed by atoms with Crippen LogP contribution in [0.1, 0.15) is 16.5 Å². The van der Waals surface area contributed by atoms with E-state index < -0.39 is 0 Å². The Morgan fingerprint density at radius 2 is 2.00 bits per heavy atom. The lowest BCUT2D eigenvalue weighted by atomic mass is 10.1. The van der Waals surface area contributed by atoms with Crippen molar-refractivity contribution < 1.29 is 0 Å². The van der Waals surface area contributed by atoms with Gasteiger partial charge in [-0.1, -0.05) is 30.3 Å². The summed E-state index contributed by atoms with van der Waals surface area (Å²) in [5.41, 5.74) is 2.49. The van der Waals surface area contributed by atoms with E-state index in [1.54, 1.807) is 11.3 Å². The van der Waals surface area contributed by atoms with Crippen LogP contribution in [0, 0.1) is 0 Å². The van der Waals surface area contributed by atoms with Crippen LogP contribution in [0.5, 0.6) is 0 Å². The van der Waals surface area contributed by atoms with Crippen LogP contribution >= 0.6 is 22.9 Å². The number of thiophene rings is 1. The number of rotatable bonds is 5. The summed E-state index contributed by atoms with van der Waals surface area (Å²) in [7, 11) is 0. The Kier molecular flexibility index (Phi) is 4.40. The van der Waals surface area contributed by atoms with Gasteiger partial charge >= 0.3 is 0 Å². The van der Waals surface area contributed by atoms with Crippen molar-refractivity contribution in [3.8, 4) is 0 Å². The lowest BCUT2D eigenvalue weighted by Crippen LogP contribution is -2.18. The van der Waals surface area contributed by atoms with E-state index in [1.807, 2.05) is 18.2 Å². The van der Waals surface area contributed by atoms with E-state index in [0.29, 0.717) is 0 Å². The van der Waals surface area contributed by atoms with Crippen LogP contribution in [-0.4, -0.2) is 6.54 Å². The van der Waals surface area contributed by atoms with Crippen LogP contribution in [0.3, 0.4) is 0 Å². The topological polar surface area (TPSA) is 12.0 Å². The monoisotopic (exact) mass is 251 g/mol. The van der Waals surface area contributed by atoms with Crippen LogP contribution in [0.2, 0.25) is 0 Å². The molecular weight excluding hydrogens is 238 g/mol.